The van der Waals surface area contributed by atoms with Crippen LogP contribution in [0, 0.1) is 6.92 Å². The molecular weight excluding hydrogens is 428 g/mol. The number of para-hydroxylation sites is 1. The number of amides is 1. The third-order valence-electron chi connectivity index (χ3n) is 6.23. The molecule has 0 spiro atoms. The fraction of sp³-hybridized carbons (Fsp3) is 0.417. The van der Waals surface area contributed by atoms with Crippen molar-refractivity contribution in [1.29, 1.82) is 0 Å². The summed E-state index contributed by atoms with van der Waals surface area (Å²) in [6, 6.07) is 13.4. The molecule has 2 aromatic rings. The van der Waals surface area contributed by atoms with Gasteiger partial charge >= 0.3 is 5.97 Å². The van der Waals surface area contributed by atoms with Gasteiger partial charge in [-0.25, -0.2) is 8.42 Å². The summed E-state index contributed by atoms with van der Waals surface area (Å²) in [4.78, 5) is 27.6. The number of hydrogen-bond acceptors (Lipinski definition) is 5. The summed E-state index contributed by atoms with van der Waals surface area (Å²) in [6.45, 7) is 3.69. The average molecular weight is 457 g/mol. The molecular formula is C24H28N2O5S. The topological polar surface area (TPSA) is 84.0 Å². The van der Waals surface area contributed by atoms with E-state index in [0.29, 0.717) is 12.8 Å². The lowest BCUT2D eigenvalue weighted by Crippen LogP contribution is -2.46. The summed E-state index contributed by atoms with van der Waals surface area (Å²) >= 11 is 0. The molecule has 2 aromatic carbocycles. The van der Waals surface area contributed by atoms with Gasteiger partial charge in [0.1, 0.15) is 6.04 Å². The van der Waals surface area contributed by atoms with Gasteiger partial charge in [-0.05, 0) is 63.3 Å². The highest BCUT2D eigenvalue weighted by molar-refractivity contribution is 7.89. The molecule has 0 aliphatic carbocycles. The molecule has 1 fully saturated rings. The maximum atomic E-state index is 13.1. The summed E-state index contributed by atoms with van der Waals surface area (Å²) in [6.07, 6.45) is 2.67. The molecule has 0 N–H and O–H groups in total. The van der Waals surface area contributed by atoms with Crippen LogP contribution in [0.1, 0.15) is 37.3 Å². The number of carbonyl (C=O) groups excluding carboxylic acids is 2. The van der Waals surface area contributed by atoms with Crippen LogP contribution < -0.4 is 4.90 Å². The van der Waals surface area contributed by atoms with E-state index in [2.05, 4.69) is 0 Å². The average Bonchev–Trinajstić information content (AvgIpc) is 3.28. The minimum atomic E-state index is -3.82. The van der Waals surface area contributed by atoms with Gasteiger partial charge in [-0.2, -0.15) is 4.31 Å². The van der Waals surface area contributed by atoms with Crippen molar-refractivity contribution in [3.8, 4) is 0 Å². The maximum absolute atomic E-state index is 13.1. The lowest BCUT2D eigenvalue weighted by molar-refractivity contribution is -0.151. The van der Waals surface area contributed by atoms with Gasteiger partial charge in [-0.3, -0.25) is 9.59 Å². The number of fused-ring (bicyclic) bond motifs is 1. The summed E-state index contributed by atoms with van der Waals surface area (Å²) in [5.74, 6) is -0.978. The molecule has 0 bridgehead atoms. The molecule has 0 radical (unpaired) electrons. The van der Waals surface area contributed by atoms with Gasteiger partial charge in [-0.15, -0.1) is 0 Å². The summed E-state index contributed by atoms with van der Waals surface area (Å²) in [5, 5.41) is 0. The Morgan fingerprint density at radius 1 is 1.06 bits per heavy atom. The molecule has 1 unspecified atom stereocenters. The van der Waals surface area contributed by atoms with Gasteiger partial charge in [0, 0.05) is 18.3 Å². The highest BCUT2D eigenvalue weighted by Crippen LogP contribution is 2.31. The van der Waals surface area contributed by atoms with E-state index in [4.69, 9.17) is 4.74 Å². The van der Waals surface area contributed by atoms with Crippen LogP contribution in [-0.4, -0.2) is 49.8 Å². The molecule has 1 saturated heterocycles. The van der Waals surface area contributed by atoms with Crippen LogP contribution >= 0.6 is 0 Å². The SMILES string of the molecule is Cc1ccc(S(=O)(=O)N2CCC[C@H]2C(=O)OCC(=O)N2c3ccccc3CCC2C)cc1. The lowest BCUT2D eigenvalue weighted by Gasteiger charge is -2.35. The summed E-state index contributed by atoms with van der Waals surface area (Å²) in [7, 11) is -3.82. The van der Waals surface area contributed by atoms with Gasteiger partial charge in [0.15, 0.2) is 6.61 Å². The van der Waals surface area contributed by atoms with Crippen LogP contribution in [0.15, 0.2) is 53.4 Å². The second kappa shape index (κ2) is 9.03. The number of sulfonamides is 1. The van der Waals surface area contributed by atoms with E-state index in [1.165, 1.54) is 4.31 Å². The highest BCUT2D eigenvalue weighted by Gasteiger charge is 2.41. The minimum Gasteiger partial charge on any atom is -0.454 e. The maximum Gasteiger partial charge on any atom is 0.324 e. The Bertz CT molecular complexity index is 1110. The Hall–Kier alpha value is -2.71. The second-order valence-electron chi connectivity index (χ2n) is 8.47. The Morgan fingerprint density at radius 3 is 2.53 bits per heavy atom. The molecule has 2 aliphatic heterocycles. The number of benzene rings is 2. The molecule has 2 atom stereocenters. The van der Waals surface area contributed by atoms with Gasteiger partial charge in [0.2, 0.25) is 10.0 Å². The first-order valence-electron chi connectivity index (χ1n) is 10.9. The van der Waals surface area contributed by atoms with E-state index in [0.717, 1.165) is 29.7 Å². The number of anilines is 1. The number of carbonyl (C=O) groups is 2. The summed E-state index contributed by atoms with van der Waals surface area (Å²) < 4.78 is 32.7. The predicted octanol–water partition coefficient (Wildman–Crippen LogP) is 3.06. The quantitative estimate of drug-likeness (QED) is 0.646. The molecule has 7 nitrogen and oxygen atoms in total. The third-order valence-corrected chi connectivity index (χ3v) is 8.16. The van der Waals surface area contributed by atoms with Gasteiger partial charge in [-0.1, -0.05) is 35.9 Å². The fourth-order valence-corrected chi connectivity index (χ4v) is 6.12. The fourth-order valence-electron chi connectivity index (χ4n) is 4.48. The molecule has 0 aromatic heterocycles. The first-order chi connectivity index (χ1) is 15.3. The standard InChI is InChI=1S/C24H28N2O5S/c1-17-9-13-20(14-10-17)32(29,30)25-15-5-8-22(25)24(28)31-16-23(27)26-18(2)11-12-19-6-3-4-7-21(19)26/h3-4,6-7,9-10,13-14,18,22H,5,8,11-12,15-16H2,1-2H3/t18?,22-/m0/s1. The zero-order valence-electron chi connectivity index (χ0n) is 18.4. The monoisotopic (exact) mass is 456 g/mol. The molecule has 170 valence electrons. The van der Waals surface area contributed by atoms with Crippen molar-refractivity contribution in [1.82, 2.24) is 4.31 Å². The van der Waals surface area contributed by atoms with Gasteiger partial charge in [0.05, 0.1) is 4.90 Å². The van der Waals surface area contributed by atoms with Crippen LogP contribution in [0.2, 0.25) is 0 Å². The van der Waals surface area contributed by atoms with Crippen molar-refractivity contribution < 1.29 is 22.7 Å². The van der Waals surface area contributed by atoms with Crippen LogP contribution in [0.4, 0.5) is 5.69 Å². The number of ether oxygens (including phenoxy) is 1. The van der Waals surface area contributed by atoms with Crippen molar-refractivity contribution >= 4 is 27.6 Å². The molecule has 32 heavy (non-hydrogen) atoms. The second-order valence-corrected chi connectivity index (χ2v) is 10.4. The Balaban J connectivity index is 1.45. The van der Waals surface area contributed by atoms with Crippen LogP contribution in [-0.2, 0) is 30.8 Å². The van der Waals surface area contributed by atoms with E-state index >= 15 is 0 Å². The van der Waals surface area contributed by atoms with Gasteiger partial charge < -0.3 is 9.64 Å². The van der Waals surface area contributed by atoms with Crippen LogP contribution in [0.3, 0.4) is 0 Å². The normalized spacial score (nSPS) is 21.2. The van der Waals surface area contributed by atoms with E-state index in [9.17, 15) is 18.0 Å². The molecule has 2 heterocycles. The largest absolute Gasteiger partial charge is 0.454 e. The lowest BCUT2D eigenvalue weighted by atomic mass is 9.96. The van der Waals surface area contributed by atoms with E-state index < -0.39 is 28.6 Å². The van der Waals surface area contributed by atoms with Crippen molar-refractivity contribution in [3.63, 3.8) is 0 Å². The molecule has 8 heteroatoms. The van der Waals surface area contributed by atoms with Crippen molar-refractivity contribution in [2.75, 3.05) is 18.1 Å². The van der Waals surface area contributed by atoms with Crippen LogP contribution in [0.5, 0.6) is 0 Å². The smallest absolute Gasteiger partial charge is 0.324 e. The molecule has 0 saturated carbocycles. The highest BCUT2D eigenvalue weighted by atomic mass is 32.2. The van der Waals surface area contributed by atoms with Crippen LogP contribution in [0.25, 0.3) is 0 Å². The number of nitrogens with zero attached hydrogens (tertiary/aromatic N) is 2. The van der Waals surface area contributed by atoms with Crippen molar-refractivity contribution in [3.05, 3.63) is 59.7 Å². The number of rotatable bonds is 5. The Labute approximate surface area is 189 Å². The zero-order chi connectivity index (χ0) is 22.9. The van der Waals surface area contributed by atoms with E-state index in [-0.39, 0.29) is 23.4 Å². The Kier molecular flexibility index (Phi) is 6.35. The Morgan fingerprint density at radius 2 is 1.78 bits per heavy atom. The molecule has 4 rings (SSSR count). The van der Waals surface area contributed by atoms with E-state index in [1.807, 2.05) is 38.1 Å². The third kappa shape index (κ3) is 4.29. The zero-order valence-corrected chi connectivity index (χ0v) is 19.2. The van der Waals surface area contributed by atoms with Gasteiger partial charge in [0.25, 0.3) is 5.91 Å². The molecule has 1 amide bonds. The first-order valence-corrected chi connectivity index (χ1v) is 12.4. The number of esters is 1. The number of hydrogen-bond donors (Lipinski definition) is 0. The molecule has 2 aliphatic rings. The minimum absolute atomic E-state index is 0.000922. The van der Waals surface area contributed by atoms with E-state index in [1.54, 1.807) is 29.2 Å². The first kappa shape index (κ1) is 22.5. The van der Waals surface area contributed by atoms with Crippen molar-refractivity contribution in [2.45, 2.75) is 56.5 Å². The summed E-state index contributed by atoms with van der Waals surface area (Å²) in [5.41, 5.74) is 2.89. The van der Waals surface area contributed by atoms with Crippen molar-refractivity contribution in [2.24, 2.45) is 0 Å². The number of aryl methyl sites for hydroxylation is 2. The predicted molar refractivity (Wildman–Crippen MR) is 121 cm³/mol.